The van der Waals surface area contributed by atoms with E-state index in [4.69, 9.17) is 11.6 Å². The summed E-state index contributed by atoms with van der Waals surface area (Å²) < 4.78 is 0. The Morgan fingerprint density at radius 1 is 1.10 bits per heavy atom. The quantitative estimate of drug-likeness (QED) is 0.487. The van der Waals surface area contributed by atoms with Crippen molar-refractivity contribution in [2.45, 2.75) is 0 Å². The van der Waals surface area contributed by atoms with Crippen molar-refractivity contribution in [2.75, 3.05) is 18.5 Å². The van der Waals surface area contributed by atoms with Crippen LogP contribution in [0.1, 0.15) is 10.4 Å². The number of halogens is 1. The van der Waals surface area contributed by atoms with Gasteiger partial charge in [0.25, 0.3) is 0 Å². The van der Waals surface area contributed by atoms with Gasteiger partial charge in [0.15, 0.2) is 0 Å². The fourth-order valence-electron chi connectivity index (χ4n) is 1.69. The lowest BCUT2D eigenvalue weighted by atomic mass is 10.1. The lowest BCUT2D eigenvalue weighted by Gasteiger charge is -2.15. The highest BCUT2D eigenvalue weighted by molar-refractivity contribution is 6.30. The Hall–Kier alpha value is -2.24. The van der Waals surface area contributed by atoms with E-state index in [0.29, 0.717) is 17.1 Å². The molecule has 100 valence electrons. The molecule has 0 amide bonds. The van der Waals surface area contributed by atoms with E-state index in [0.717, 1.165) is 5.69 Å². The lowest BCUT2D eigenvalue weighted by Crippen LogP contribution is -2.17. The summed E-state index contributed by atoms with van der Waals surface area (Å²) >= 11 is 5.84. The monoisotopic (exact) mass is 283 g/mol. The number of benzene rings is 2. The lowest BCUT2D eigenvalue weighted by molar-refractivity contribution is 0.105. The van der Waals surface area contributed by atoms with Crippen LogP contribution >= 0.6 is 11.6 Å². The maximum atomic E-state index is 11.8. The summed E-state index contributed by atoms with van der Waals surface area (Å²) in [7, 11) is 1.92. The molecule has 0 atom stereocenters. The first-order valence-corrected chi connectivity index (χ1v) is 6.59. The van der Waals surface area contributed by atoms with Crippen molar-refractivity contribution in [2.24, 2.45) is 0 Å². The highest BCUT2D eigenvalue weighted by Crippen LogP contribution is 2.16. The smallest absolute Gasteiger partial charge is 0.235 e. The van der Waals surface area contributed by atoms with Crippen LogP contribution in [0.2, 0.25) is 5.02 Å². The van der Waals surface area contributed by atoms with Crippen LogP contribution in [0.4, 0.5) is 5.69 Å². The molecule has 0 N–H and O–H groups in total. The number of carbonyl (C=O) groups excluding carboxylic acids is 1. The van der Waals surface area contributed by atoms with Gasteiger partial charge in [-0.1, -0.05) is 47.9 Å². The van der Waals surface area contributed by atoms with Crippen LogP contribution in [-0.4, -0.2) is 19.4 Å². The number of hydrogen-bond acceptors (Lipinski definition) is 2. The molecule has 2 aromatic carbocycles. The fourth-order valence-corrected chi connectivity index (χ4v) is 1.81. The Kier molecular flexibility index (Phi) is 4.81. The van der Waals surface area contributed by atoms with E-state index in [-0.39, 0.29) is 5.78 Å². The minimum atomic E-state index is -0.157. The Morgan fingerprint density at radius 3 is 2.40 bits per heavy atom. The van der Waals surface area contributed by atoms with E-state index in [9.17, 15) is 4.79 Å². The number of nitrogens with zero attached hydrogens (tertiary/aromatic N) is 1. The maximum Gasteiger partial charge on any atom is 0.235 e. The number of hydrogen-bond donors (Lipinski definition) is 0. The highest BCUT2D eigenvalue weighted by atomic mass is 35.5. The van der Waals surface area contributed by atoms with E-state index < -0.39 is 0 Å². The predicted molar refractivity (Wildman–Crippen MR) is 83.3 cm³/mol. The minimum absolute atomic E-state index is 0.157. The summed E-state index contributed by atoms with van der Waals surface area (Å²) in [5, 5.41) is 0.701. The van der Waals surface area contributed by atoms with Crippen LogP contribution < -0.4 is 4.90 Å². The molecule has 0 fully saturated rings. The Morgan fingerprint density at radius 2 is 1.75 bits per heavy atom. The molecule has 0 aliphatic rings. The molecule has 2 nitrogen and oxygen atoms in total. The van der Waals surface area contributed by atoms with Gasteiger partial charge in [0.1, 0.15) is 0 Å². The van der Waals surface area contributed by atoms with Crippen molar-refractivity contribution >= 4 is 23.1 Å². The summed E-state index contributed by atoms with van der Waals surface area (Å²) in [5.74, 6) is 5.39. The highest BCUT2D eigenvalue weighted by Gasteiger charge is 2.00. The van der Waals surface area contributed by atoms with E-state index in [1.54, 1.807) is 12.1 Å². The molecule has 0 saturated heterocycles. The van der Waals surface area contributed by atoms with Crippen molar-refractivity contribution < 1.29 is 4.79 Å². The number of ketones is 1. The van der Waals surface area contributed by atoms with Gasteiger partial charge in [0, 0.05) is 23.3 Å². The normalized spacial score (nSPS) is 9.50. The molecule has 0 unspecified atom stereocenters. The molecule has 0 saturated carbocycles. The van der Waals surface area contributed by atoms with E-state index >= 15 is 0 Å². The zero-order valence-electron chi connectivity index (χ0n) is 11.1. The first-order valence-electron chi connectivity index (χ1n) is 6.22. The number of rotatable bonds is 3. The molecule has 0 bridgehead atoms. The second kappa shape index (κ2) is 6.79. The number of anilines is 1. The molecule has 0 aliphatic heterocycles. The zero-order valence-corrected chi connectivity index (χ0v) is 11.9. The zero-order chi connectivity index (χ0) is 14.4. The van der Waals surface area contributed by atoms with Crippen LogP contribution in [0, 0.1) is 11.8 Å². The SMILES string of the molecule is CN(CC#CC(=O)c1ccccc1)c1ccc(Cl)cc1. The Balaban J connectivity index is 1.97. The van der Waals surface area contributed by atoms with Crippen LogP contribution in [0.5, 0.6) is 0 Å². The van der Waals surface area contributed by atoms with Gasteiger partial charge < -0.3 is 4.90 Å². The van der Waals surface area contributed by atoms with Gasteiger partial charge in [0.05, 0.1) is 6.54 Å². The van der Waals surface area contributed by atoms with Crippen molar-refractivity contribution in [3.05, 3.63) is 65.2 Å². The summed E-state index contributed by atoms with van der Waals surface area (Å²) in [6.07, 6.45) is 0. The van der Waals surface area contributed by atoms with Gasteiger partial charge in [-0.15, -0.1) is 0 Å². The first kappa shape index (κ1) is 14.2. The second-order valence-electron chi connectivity index (χ2n) is 4.33. The second-order valence-corrected chi connectivity index (χ2v) is 4.77. The summed E-state index contributed by atoms with van der Waals surface area (Å²) in [6.45, 7) is 0.486. The van der Waals surface area contributed by atoms with Gasteiger partial charge in [-0.25, -0.2) is 0 Å². The van der Waals surface area contributed by atoms with Gasteiger partial charge >= 0.3 is 0 Å². The molecule has 2 rings (SSSR count). The van der Waals surface area contributed by atoms with Crippen LogP contribution in [0.3, 0.4) is 0 Å². The largest absolute Gasteiger partial charge is 0.363 e. The molecule has 0 radical (unpaired) electrons. The van der Waals surface area contributed by atoms with Gasteiger partial charge in [0.2, 0.25) is 5.78 Å². The molecule has 0 spiro atoms. The number of carbonyl (C=O) groups is 1. The van der Waals surface area contributed by atoms with Crippen LogP contribution in [-0.2, 0) is 0 Å². The third kappa shape index (κ3) is 3.88. The average Bonchev–Trinajstić information content (AvgIpc) is 2.48. The van der Waals surface area contributed by atoms with Crippen molar-refractivity contribution in [1.82, 2.24) is 0 Å². The molecule has 0 heterocycles. The number of Topliss-reactive ketones (excluding diaryl/α,β-unsaturated/α-hetero) is 1. The maximum absolute atomic E-state index is 11.8. The fraction of sp³-hybridized carbons (Fsp3) is 0.118. The van der Waals surface area contributed by atoms with E-state index in [1.807, 2.05) is 54.4 Å². The molecular formula is C17H14ClNO. The van der Waals surface area contributed by atoms with E-state index in [2.05, 4.69) is 11.8 Å². The van der Waals surface area contributed by atoms with Gasteiger partial charge in [-0.2, -0.15) is 0 Å². The molecule has 2 aromatic rings. The standard InChI is InChI=1S/C17H14ClNO/c1-19(16-11-9-15(18)10-12-16)13-5-8-17(20)14-6-3-2-4-7-14/h2-4,6-7,9-12H,13H2,1H3. The van der Waals surface area contributed by atoms with Crippen molar-refractivity contribution in [3.8, 4) is 11.8 Å². The third-order valence-electron chi connectivity index (χ3n) is 2.82. The predicted octanol–water partition coefficient (Wildman–Crippen LogP) is 3.66. The first-order chi connectivity index (χ1) is 9.66. The van der Waals surface area contributed by atoms with Crippen molar-refractivity contribution in [3.63, 3.8) is 0 Å². The third-order valence-corrected chi connectivity index (χ3v) is 3.07. The topological polar surface area (TPSA) is 20.3 Å². The van der Waals surface area contributed by atoms with Gasteiger partial charge in [-0.3, -0.25) is 4.79 Å². The molecular weight excluding hydrogens is 270 g/mol. The van der Waals surface area contributed by atoms with Crippen LogP contribution in [0.25, 0.3) is 0 Å². The molecule has 0 aromatic heterocycles. The average molecular weight is 284 g/mol. The van der Waals surface area contributed by atoms with E-state index in [1.165, 1.54) is 0 Å². The molecule has 20 heavy (non-hydrogen) atoms. The van der Waals surface area contributed by atoms with Crippen molar-refractivity contribution in [1.29, 1.82) is 0 Å². The van der Waals surface area contributed by atoms with Gasteiger partial charge in [-0.05, 0) is 30.2 Å². The summed E-state index contributed by atoms with van der Waals surface area (Å²) in [6, 6.07) is 16.6. The Labute approximate surface area is 124 Å². The van der Waals surface area contributed by atoms with Crippen LogP contribution in [0.15, 0.2) is 54.6 Å². The summed E-state index contributed by atoms with van der Waals surface area (Å²) in [4.78, 5) is 13.8. The summed E-state index contributed by atoms with van der Waals surface area (Å²) in [5.41, 5.74) is 1.63. The molecule has 0 aliphatic carbocycles. The molecule has 3 heteroatoms. The Bertz CT molecular complexity index is 638. The minimum Gasteiger partial charge on any atom is -0.363 e.